The van der Waals surface area contributed by atoms with Crippen molar-refractivity contribution in [3.8, 4) is 0 Å². The minimum atomic E-state index is -1.30. The average Bonchev–Trinajstić information content (AvgIpc) is 3.66. The molecule has 0 radical (unpaired) electrons. The van der Waals surface area contributed by atoms with Crippen molar-refractivity contribution in [2.75, 3.05) is 24.8 Å². The second-order valence-electron chi connectivity index (χ2n) is 12.5. The molecule has 3 atom stereocenters. The zero-order valence-electron chi connectivity index (χ0n) is 23.1. The van der Waals surface area contributed by atoms with E-state index in [9.17, 15) is 9.59 Å². The first-order chi connectivity index (χ1) is 18.6. The number of hydrogen-bond acceptors (Lipinski definition) is 3. The number of nitrogens with zero attached hydrogens (tertiary/aromatic N) is 2. The molecule has 2 aromatic rings. The molecule has 2 fully saturated rings. The van der Waals surface area contributed by atoms with Crippen molar-refractivity contribution in [3.05, 3.63) is 76.3 Å². The summed E-state index contributed by atoms with van der Waals surface area (Å²) in [5.41, 5.74) is 1.31. The van der Waals surface area contributed by atoms with Gasteiger partial charge in [0.2, 0.25) is 5.91 Å². The number of likely N-dealkylation sites (tertiary alicyclic amines) is 1. The number of carbonyl (C=O) groups is 2. The van der Waals surface area contributed by atoms with Crippen LogP contribution in [-0.4, -0.2) is 44.7 Å². The van der Waals surface area contributed by atoms with Crippen molar-refractivity contribution in [2.45, 2.75) is 62.8 Å². The van der Waals surface area contributed by atoms with E-state index in [2.05, 4.69) is 26.2 Å². The molecule has 0 aromatic heterocycles. The molecule has 5 nitrogen and oxygen atoms in total. The quantitative estimate of drug-likeness (QED) is 0.165. The van der Waals surface area contributed by atoms with E-state index in [1.54, 1.807) is 4.90 Å². The first-order valence-electron chi connectivity index (χ1n) is 13.9. The first kappa shape index (κ1) is 28.4. The standard InChI is InChI=1S/C31H38Cl2N2O3Si/c1-5-7-23-17-27(22-8-6-9-24(32)16-22)31(35(29(23)36)19-21-10-11-21)26-13-12-25(33)18-28(26)34(30(31)37)20-38-14-15-39(2,3)4/h5-6,8-9,12-13,16,18,21,23,27H,1,7,10-11,14-15,17,19-20H2,2-4H3/t23?,27-,31?/m1/s1. The van der Waals surface area contributed by atoms with Gasteiger partial charge in [-0.2, -0.15) is 0 Å². The number of allylic oxidation sites excluding steroid dienone is 1. The monoisotopic (exact) mass is 584 g/mol. The highest BCUT2D eigenvalue weighted by Crippen LogP contribution is 2.58. The molecule has 39 heavy (non-hydrogen) atoms. The van der Waals surface area contributed by atoms with Gasteiger partial charge in [-0.15, -0.1) is 6.58 Å². The molecule has 2 aromatic carbocycles. The van der Waals surface area contributed by atoms with E-state index in [0.29, 0.717) is 42.0 Å². The highest BCUT2D eigenvalue weighted by molar-refractivity contribution is 6.76. The minimum absolute atomic E-state index is 0.0239. The molecule has 3 aliphatic rings. The Bertz CT molecular complexity index is 1270. The molecular weight excluding hydrogens is 547 g/mol. The maximum Gasteiger partial charge on any atom is 0.260 e. The molecule has 1 spiro atoms. The Morgan fingerprint density at radius 3 is 2.51 bits per heavy atom. The largest absolute Gasteiger partial charge is 0.361 e. The number of hydrogen-bond donors (Lipinski definition) is 0. The lowest BCUT2D eigenvalue weighted by Gasteiger charge is -2.51. The number of rotatable bonds is 10. The van der Waals surface area contributed by atoms with Gasteiger partial charge in [-0.25, -0.2) is 0 Å². The van der Waals surface area contributed by atoms with Crippen LogP contribution in [-0.2, 0) is 19.9 Å². The molecule has 208 valence electrons. The van der Waals surface area contributed by atoms with Crippen molar-refractivity contribution in [1.29, 1.82) is 0 Å². The van der Waals surface area contributed by atoms with Crippen LogP contribution in [0.5, 0.6) is 0 Å². The van der Waals surface area contributed by atoms with Gasteiger partial charge in [0.1, 0.15) is 6.73 Å². The molecule has 0 bridgehead atoms. The van der Waals surface area contributed by atoms with E-state index in [1.165, 1.54) is 0 Å². The summed E-state index contributed by atoms with van der Waals surface area (Å²) in [7, 11) is -1.30. The van der Waals surface area contributed by atoms with Gasteiger partial charge in [0, 0.05) is 48.7 Å². The third kappa shape index (κ3) is 5.46. The van der Waals surface area contributed by atoms with Crippen LogP contribution in [0.25, 0.3) is 0 Å². The molecule has 2 amide bonds. The summed E-state index contributed by atoms with van der Waals surface area (Å²) in [5.74, 6) is -0.225. The number of amides is 2. The number of ether oxygens (including phenoxy) is 1. The third-order valence-electron chi connectivity index (χ3n) is 8.35. The summed E-state index contributed by atoms with van der Waals surface area (Å²) in [6.45, 7) is 12.1. The van der Waals surface area contributed by atoms with E-state index < -0.39 is 13.6 Å². The Morgan fingerprint density at radius 1 is 1.10 bits per heavy atom. The van der Waals surface area contributed by atoms with E-state index in [1.807, 2.05) is 53.4 Å². The second-order valence-corrected chi connectivity index (χ2v) is 19.0. The minimum Gasteiger partial charge on any atom is -0.361 e. The van der Waals surface area contributed by atoms with Gasteiger partial charge >= 0.3 is 0 Å². The summed E-state index contributed by atoms with van der Waals surface area (Å²) in [4.78, 5) is 32.7. The molecule has 5 rings (SSSR count). The lowest BCUT2D eigenvalue weighted by molar-refractivity contribution is -0.159. The maximum atomic E-state index is 14.9. The van der Waals surface area contributed by atoms with Gasteiger partial charge in [-0.1, -0.05) is 67.1 Å². The lowest BCUT2D eigenvalue weighted by atomic mass is 9.66. The maximum absolute atomic E-state index is 14.9. The third-order valence-corrected chi connectivity index (χ3v) is 10.5. The van der Waals surface area contributed by atoms with Crippen LogP contribution in [0, 0.1) is 11.8 Å². The highest BCUT2D eigenvalue weighted by atomic mass is 35.5. The molecule has 0 N–H and O–H groups in total. The molecule has 1 aliphatic carbocycles. The van der Waals surface area contributed by atoms with Crippen molar-refractivity contribution in [2.24, 2.45) is 11.8 Å². The number of carbonyl (C=O) groups excluding carboxylic acids is 2. The van der Waals surface area contributed by atoms with Crippen LogP contribution in [0.1, 0.15) is 42.7 Å². The summed E-state index contributed by atoms with van der Waals surface area (Å²) >= 11 is 13.0. The Hall–Kier alpha value is -2.12. The van der Waals surface area contributed by atoms with E-state index >= 15 is 0 Å². The van der Waals surface area contributed by atoms with Crippen LogP contribution in [0.4, 0.5) is 5.69 Å². The molecule has 2 aliphatic heterocycles. The fourth-order valence-corrected chi connectivity index (χ4v) is 7.29. The van der Waals surface area contributed by atoms with E-state index in [4.69, 9.17) is 27.9 Å². The normalized spacial score (nSPS) is 24.9. The van der Waals surface area contributed by atoms with Gasteiger partial charge < -0.3 is 9.64 Å². The van der Waals surface area contributed by atoms with Crippen LogP contribution in [0.3, 0.4) is 0 Å². The smallest absolute Gasteiger partial charge is 0.260 e. The molecule has 1 saturated carbocycles. The second kappa shape index (κ2) is 11.0. The number of halogens is 2. The van der Waals surface area contributed by atoms with Crippen molar-refractivity contribution in [1.82, 2.24) is 4.90 Å². The zero-order chi connectivity index (χ0) is 27.9. The van der Waals surface area contributed by atoms with Crippen LogP contribution in [0.2, 0.25) is 35.7 Å². The molecular formula is C31H38Cl2N2O3Si. The number of fused-ring (bicyclic) bond motifs is 2. The Balaban J connectivity index is 1.65. The summed E-state index contributed by atoms with van der Waals surface area (Å²) < 4.78 is 6.13. The van der Waals surface area contributed by atoms with Crippen LogP contribution >= 0.6 is 23.2 Å². The van der Waals surface area contributed by atoms with Gasteiger partial charge in [0.15, 0.2) is 5.54 Å². The Morgan fingerprint density at radius 2 is 1.85 bits per heavy atom. The van der Waals surface area contributed by atoms with Gasteiger partial charge in [0.25, 0.3) is 5.91 Å². The Labute approximate surface area is 243 Å². The summed E-state index contributed by atoms with van der Waals surface area (Å²) in [5, 5.41) is 1.16. The fraction of sp³-hybridized carbons (Fsp3) is 0.484. The predicted octanol–water partition coefficient (Wildman–Crippen LogP) is 7.47. The first-order valence-corrected chi connectivity index (χ1v) is 18.4. The van der Waals surface area contributed by atoms with E-state index in [0.717, 1.165) is 35.7 Å². The molecule has 1 saturated heterocycles. The van der Waals surface area contributed by atoms with Gasteiger partial charge in [-0.05, 0) is 67.5 Å². The molecule has 2 heterocycles. The van der Waals surface area contributed by atoms with Crippen LogP contribution in [0.15, 0.2) is 55.1 Å². The van der Waals surface area contributed by atoms with Crippen molar-refractivity contribution < 1.29 is 14.3 Å². The number of benzene rings is 2. The summed E-state index contributed by atoms with van der Waals surface area (Å²) in [6.07, 6.45) is 5.05. The molecule has 2 unspecified atom stereocenters. The van der Waals surface area contributed by atoms with E-state index in [-0.39, 0.29) is 30.4 Å². The Kier molecular flexibility index (Phi) is 8.04. The lowest BCUT2D eigenvalue weighted by Crippen LogP contribution is -2.63. The van der Waals surface area contributed by atoms with Gasteiger partial charge in [0.05, 0.1) is 5.69 Å². The summed E-state index contributed by atoms with van der Waals surface area (Å²) in [6, 6.07) is 14.4. The fourth-order valence-electron chi connectivity index (χ4n) is 6.17. The van der Waals surface area contributed by atoms with Crippen molar-refractivity contribution in [3.63, 3.8) is 0 Å². The number of anilines is 1. The topological polar surface area (TPSA) is 49.9 Å². The highest BCUT2D eigenvalue weighted by Gasteiger charge is 2.64. The van der Waals surface area contributed by atoms with Crippen LogP contribution < -0.4 is 4.90 Å². The number of piperidine rings is 1. The molecule has 8 heteroatoms. The van der Waals surface area contributed by atoms with Crippen molar-refractivity contribution >= 4 is 48.8 Å². The van der Waals surface area contributed by atoms with Gasteiger partial charge in [-0.3, -0.25) is 14.5 Å². The average molecular weight is 586 g/mol. The zero-order valence-corrected chi connectivity index (χ0v) is 25.6. The SMILES string of the molecule is C=CCC1C[C@H](c2cccc(Cl)c2)C2(C(=O)N(COCC[Si](C)(C)C)c3cc(Cl)ccc32)N(CC2CC2)C1=O. The predicted molar refractivity (Wildman–Crippen MR) is 161 cm³/mol.